The van der Waals surface area contributed by atoms with Crippen molar-refractivity contribution in [3.8, 4) is 11.3 Å². The topological polar surface area (TPSA) is 97.4 Å². The maximum Gasteiger partial charge on any atom is 0.247 e. The van der Waals surface area contributed by atoms with Crippen LogP contribution >= 0.6 is 39.1 Å². The van der Waals surface area contributed by atoms with E-state index in [1.54, 1.807) is 24.7 Å². The third-order valence-electron chi connectivity index (χ3n) is 5.30. The fourth-order valence-electron chi connectivity index (χ4n) is 3.57. The number of hydrogen-bond donors (Lipinski definition) is 1. The van der Waals surface area contributed by atoms with E-state index in [2.05, 4.69) is 36.4 Å². The molecule has 0 fully saturated rings. The number of halogens is 3. The summed E-state index contributed by atoms with van der Waals surface area (Å²) in [4.78, 5) is 4.72. The molecule has 0 radical (unpaired) electrons. The second kappa shape index (κ2) is 9.82. The maximum absolute atomic E-state index is 13.0. The third kappa shape index (κ3) is 4.67. The molecular formula is C21H22BrCl2N7O2S. The van der Waals surface area contributed by atoms with E-state index in [1.807, 2.05) is 30.3 Å². The molecule has 13 heteroatoms. The largest absolute Gasteiger partial charge is 0.370 e. The first-order valence-corrected chi connectivity index (χ1v) is 13.3. The highest BCUT2D eigenvalue weighted by molar-refractivity contribution is 9.10. The number of aromatic nitrogens is 5. The smallest absolute Gasteiger partial charge is 0.247 e. The van der Waals surface area contributed by atoms with Gasteiger partial charge in [0.2, 0.25) is 10.0 Å². The molecule has 0 aliphatic rings. The number of hydrogen-bond acceptors (Lipinski definition) is 6. The standard InChI is InChI=1S/C21H22BrCl2N7O2S/c1-13-19(20(24)30(3)28-13)34(32,33)29(2)10-6-9-25-18-11-17(14-7-4-5-8-16(14)23)27-21-15(22)12-26-31(18)21/h4-5,7-8,11-12,25H,6,9-10H2,1-3H3. The Morgan fingerprint density at radius 1 is 1.24 bits per heavy atom. The van der Waals surface area contributed by atoms with Crippen molar-refractivity contribution in [1.29, 1.82) is 0 Å². The molecule has 1 aromatic carbocycles. The van der Waals surface area contributed by atoms with Gasteiger partial charge < -0.3 is 5.32 Å². The zero-order valence-corrected chi connectivity index (χ0v) is 22.5. The average Bonchev–Trinajstić information content (AvgIpc) is 3.29. The predicted octanol–water partition coefficient (Wildman–Crippen LogP) is 4.63. The monoisotopic (exact) mass is 585 g/mol. The Kier molecular flexibility index (Phi) is 7.20. The fourth-order valence-corrected chi connectivity index (χ4v) is 6.05. The van der Waals surface area contributed by atoms with Gasteiger partial charge in [-0.2, -0.15) is 14.7 Å². The summed E-state index contributed by atoms with van der Waals surface area (Å²) >= 11 is 16.0. The Morgan fingerprint density at radius 3 is 2.65 bits per heavy atom. The van der Waals surface area contributed by atoms with Crippen molar-refractivity contribution in [2.24, 2.45) is 7.05 Å². The Hall–Kier alpha value is -2.18. The lowest BCUT2D eigenvalue weighted by atomic mass is 10.1. The first kappa shape index (κ1) is 24.9. The molecule has 4 aromatic rings. The highest BCUT2D eigenvalue weighted by Gasteiger charge is 2.29. The summed E-state index contributed by atoms with van der Waals surface area (Å²) in [7, 11) is -0.622. The zero-order chi connectivity index (χ0) is 24.6. The molecule has 9 nitrogen and oxygen atoms in total. The highest BCUT2D eigenvalue weighted by Crippen LogP contribution is 2.30. The van der Waals surface area contributed by atoms with Crippen molar-refractivity contribution in [2.45, 2.75) is 18.2 Å². The van der Waals surface area contributed by atoms with Crippen molar-refractivity contribution >= 4 is 60.6 Å². The number of benzene rings is 1. The summed E-state index contributed by atoms with van der Waals surface area (Å²) in [5.74, 6) is 0.710. The van der Waals surface area contributed by atoms with Gasteiger partial charge >= 0.3 is 0 Å². The lowest BCUT2D eigenvalue weighted by Crippen LogP contribution is -2.29. The van der Waals surface area contributed by atoms with E-state index in [0.717, 1.165) is 10.0 Å². The minimum atomic E-state index is -3.76. The molecule has 0 bridgehead atoms. The first-order chi connectivity index (χ1) is 16.1. The first-order valence-electron chi connectivity index (χ1n) is 10.3. The quantitative estimate of drug-likeness (QED) is 0.302. The van der Waals surface area contributed by atoms with Crippen LogP contribution in [0.5, 0.6) is 0 Å². The number of nitrogens with one attached hydrogen (secondary N) is 1. The summed E-state index contributed by atoms with van der Waals surface area (Å²) in [5, 5.41) is 12.5. The van der Waals surface area contributed by atoms with Crippen LogP contribution in [0.2, 0.25) is 10.2 Å². The summed E-state index contributed by atoms with van der Waals surface area (Å²) in [6.45, 7) is 2.41. The van der Waals surface area contributed by atoms with Gasteiger partial charge in [0.25, 0.3) is 0 Å². The van der Waals surface area contributed by atoms with Gasteiger partial charge in [0.05, 0.1) is 22.1 Å². The molecule has 180 valence electrons. The third-order valence-corrected chi connectivity index (χ3v) is 8.75. The second-order valence-electron chi connectivity index (χ2n) is 7.67. The van der Waals surface area contributed by atoms with Gasteiger partial charge in [0.15, 0.2) is 5.65 Å². The number of aryl methyl sites for hydroxylation is 2. The van der Waals surface area contributed by atoms with Gasteiger partial charge in [0.1, 0.15) is 15.9 Å². The van der Waals surface area contributed by atoms with Crippen molar-refractivity contribution in [1.82, 2.24) is 28.7 Å². The van der Waals surface area contributed by atoms with E-state index in [0.29, 0.717) is 40.8 Å². The summed E-state index contributed by atoms with van der Waals surface area (Å²) < 4.78 is 31.1. The lowest BCUT2D eigenvalue weighted by molar-refractivity contribution is 0.465. The zero-order valence-electron chi connectivity index (χ0n) is 18.6. The molecule has 0 atom stereocenters. The van der Waals surface area contributed by atoms with E-state index in [9.17, 15) is 8.42 Å². The number of anilines is 1. The van der Waals surface area contributed by atoms with E-state index in [4.69, 9.17) is 23.2 Å². The van der Waals surface area contributed by atoms with Crippen LogP contribution in [-0.2, 0) is 17.1 Å². The lowest BCUT2D eigenvalue weighted by Gasteiger charge is -2.17. The van der Waals surface area contributed by atoms with Crippen molar-refractivity contribution in [3.63, 3.8) is 0 Å². The minimum Gasteiger partial charge on any atom is -0.370 e. The minimum absolute atomic E-state index is 0.0359. The molecule has 3 heterocycles. The Labute approximate surface area is 215 Å². The number of sulfonamides is 1. The van der Waals surface area contributed by atoms with Crippen LogP contribution in [0.25, 0.3) is 16.9 Å². The molecule has 34 heavy (non-hydrogen) atoms. The molecule has 0 spiro atoms. The normalized spacial score (nSPS) is 12.1. The van der Waals surface area contributed by atoms with E-state index >= 15 is 0 Å². The van der Waals surface area contributed by atoms with Gasteiger partial charge in [-0.1, -0.05) is 41.4 Å². The number of nitrogens with zero attached hydrogens (tertiary/aromatic N) is 6. The van der Waals surface area contributed by atoms with Crippen molar-refractivity contribution in [3.05, 3.63) is 56.9 Å². The van der Waals surface area contributed by atoms with Gasteiger partial charge in [-0.3, -0.25) is 4.68 Å². The molecule has 0 aliphatic heterocycles. The van der Waals surface area contributed by atoms with Crippen molar-refractivity contribution < 1.29 is 8.42 Å². The molecule has 0 unspecified atom stereocenters. The fraction of sp³-hybridized carbons (Fsp3) is 0.286. The average molecular weight is 587 g/mol. The van der Waals surface area contributed by atoms with Crippen LogP contribution in [-0.4, -0.2) is 57.2 Å². The highest BCUT2D eigenvalue weighted by atomic mass is 79.9. The molecule has 1 N–H and O–H groups in total. The Bertz CT molecular complexity index is 1470. The van der Waals surface area contributed by atoms with Crippen LogP contribution in [0.15, 0.2) is 45.9 Å². The molecular weight excluding hydrogens is 565 g/mol. The molecule has 4 rings (SSSR count). The molecule has 0 saturated heterocycles. The number of rotatable bonds is 8. The van der Waals surface area contributed by atoms with Crippen LogP contribution in [0, 0.1) is 6.92 Å². The van der Waals surface area contributed by atoms with Gasteiger partial charge in [-0.15, -0.1) is 0 Å². The molecule has 0 saturated carbocycles. The van der Waals surface area contributed by atoms with Gasteiger partial charge in [-0.05, 0) is 35.3 Å². The Balaban J connectivity index is 1.50. The SMILES string of the molecule is Cc1nn(C)c(Cl)c1S(=O)(=O)N(C)CCCNc1cc(-c2ccccc2Cl)nc2c(Br)cnn12. The predicted molar refractivity (Wildman–Crippen MR) is 137 cm³/mol. The Morgan fingerprint density at radius 2 is 1.97 bits per heavy atom. The van der Waals surface area contributed by atoms with Crippen molar-refractivity contribution in [2.75, 3.05) is 25.5 Å². The maximum atomic E-state index is 13.0. The summed E-state index contributed by atoms with van der Waals surface area (Å²) in [5.41, 5.74) is 2.51. The van der Waals surface area contributed by atoms with E-state index in [1.165, 1.54) is 16.0 Å². The van der Waals surface area contributed by atoms with Gasteiger partial charge in [0, 0.05) is 43.8 Å². The summed E-state index contributed by atoms with van der Waals surface area (Å²) in [6.07, 6.45) is 2.21. The molecule has 0 amide bonds. The van der Waals surface area contributed by atoms with Crippen LogP contribution in [0.4, 0.5) is 5.82 Å². The second-order valence-corrected chi connectivity index (χ2v) is 11.3. The van der Waals surface area contributed by atoms with Gasteiger partial charge in [-0.25, -0.2) is 17.7 Å². The van der Waals surface area contributed by atoms with Crippen LogP contribution in [0.3, 0.4) is 0 Å². The summed E-state index contributed by atoms with van der Waals surface area (Å²) in [6, 6.07) is 9.35. The van der Waals surface area contributed by atoms with Crippen LogP contribution in [0.1, 0.15) is 12.1 Å². The molecule has 0 aliphatic carbocycles. The van der Waals surface area contributed by atoms with E-state index < -0.39 is 10.0 Å². The number of fused-ring (bicyclic) bond motifs is 1. The molecule has 3 aromatic heterocycles. The van der Waals surface area contributed by atoms with E-state index in [-0.39, 0.29) is 16.6 Å². The van der Waals surface area contributed by atoms with Crippen LogP contribution < -0.4 is 5.32 Å².